The molecular weight excluding hydrogens is 555 g/mol. The van der Waals surface area contributed by atoms with Crippen LogP contribution in [0.3, 0.4) is 0 Å². The maximum absolute atomic E-state index is 13.6. The summed E-state index contributed by atoms with van der Waals surface area (Å²) in [4.78, 5) is 60.5. The van der Waals surface area contributed by atoms with Crippen LogP contribution in [0.15, 0.2) is 47.5 Å². The average Bonchev–Trinajstić information content (AvgIpc) is 3.02. The van der Waals surface area contributed by atoms with E-state index in [0.29, 0.717) is 11.1 Å². The molecule has 5 N–H and O–H groups in total. The number of fused-ring (bicyclic) bond motifs is 1. The van der Waals surface area contributed by atoms with Crippen LogP contribution < -0.4 is 16.4 Å². The minimum absolute atomic E-state index is 0.0241. The van der Waals surface area contributed by atoms with Crippen molar-refractivity contribution in [2.24, 2.45) is 10.7 Å². The zero-order valence-corrected chi connectivity index (χ0v) is 22.6. The first-order valence-corrected chi connectivity index (χ1v) is 13.0. The molecule has 0 aliphatic carbocycles. The second-order valence-electron chi connectivity index (χ2n) is 9.17. The first-order chi connectivity index (χ1) is 17.9. The van der Waals surface area contributed by atoms with Crippen molar-refractivity contribution >= 4 is 64.5 Å². The molecular formula is C24H24Cl2N6O5S. The van der Waals surface area contributed by atoms with Crippen molar-refractivity contribution in [1.82, 2.24) is 20.5 Å². The maximum atomic E-state index is 13.6. The number of aromatic nitrogens is 1. The van der Waals surface area contributed by atoms with E-state index < -0.39 is 40.8 Å². The number of pyridine rings is 1. The fraction of sp³-hybridized carbons (Fsp3) is 0.333. The molecule has 14 heteroatoms. The van der Waals surface area contributed by atoms with E-state index >= 15 is 0 Å². The number of β-lactam (4-membered cyclic amide) rings is 1. The first-order valence-electron chi connectivity index (χ1n) is 11.4. The van der Waals surface area contributed by atoms with E-state index in [4.69, 9.17) is 28.9 Å². The lowest BCUT2D eigenvalue weighted by Crippen LogP contribution is -2.75. The Morgan fingerprint density at radius 1 is 1.24 bits per heavy atom. The minimum atomic E-state index is -2.00. The molecule has 2 aliphatic heterocycles. The standard InChI is InChI=1S/C24H24Cl2N6O5S/c1-23(2)24(22(36)37,32-17(34)10-18(32)38-23)31-21(35)19(12-6-4-3-5-7-12)30-16(33)11-28-20(27)13-8-14(25)29-15(26)9-13/h3-9,18-19H,10-11H2,1-2H3,(H2,27,28)(H,30,33)(H,31,35)(H,36,37)/t18-,19?,24+/m1/s1. The number of benzene rings is 1. The van der Waals surface area contributed by atoms with Gasteiger partial charge in [0.05, 0.1) is 16.5 Å². The third-order valence-corrected chi connectivity index (χ3v) is 8.26. The van der Waals surface area contributed by atoms with Crippen LogP contribution in [-0.4, -0.2) is 66.8 Å². The van der Waals surface area contributed by atoms with Crippen LogP contribution in [0.25, 0.3) is 0 Å². The van der Waals surface area contributed by atoms with Crippen LogP contribution in [0.5, 0.6) is 0 Å². The summed E-state index contributed by atoms with van der Waals surface area (Å²) in [5.41, 5.74) is 4.72. The van der Waals surface area contributed by atoms with Crippen LogP contribution in [0.2, 0.25) is 10.3 Å². The zero-order chi connectivity index (χ0) is 27.8. The molecule has 3 amide bonds. The number of carboxylic acid groups (broad SMARTS) is 1. The van der Waals surface area contributed by atoms with Gasteiger partial charge in [-0.2, -0.15) is 0 Å². The van der Waals surface area contributed by atoms with Crippen LogP contribution in [0.1, 0.15) is 37.4 Å². The number of amidine groups is 1. The van der Waals surface area contributed by atoms with Gasteiger partial charge in [-0.3, -0.25) is 24.3 Å². The lowest BCUT2D eigenvalue weighted by atomic mass is 9.89. The number of nitrogens with one attached hydrogen (secondary N) is 2. The van der Waals surface area contributed by atoms with Crippen LogP contribution in [0.4, 0.5) is 0 Å². The third-order valence-electron chi connectivity index (χ3n) is 6.33. The molecule has 1 unspecified atom stereocenters. The van der Waals surface area contributed by atoms with Gasteiger partial charge >= 0.3 is 5.97 Å². The van der Waals surface area contributed by atoms with Gasteiger partial charge in [-0.25, -0.2) is 9.78 Å². The highest BCUT2D eigenvalue weighted by Crippen LogP contribution is 2.55. The summed E-state index contributed by atoms with van der Waals surface area (Å²) < 4.78 is -1.05. The Balaban J connectivity index is 1.58. The number of nitrogens with two attached hydrogens (primary N) is 1. The van der Waals surface area contributed by atoms with Crippen LogP contribution in [0, 0.1) is 0 Å². The minimum Gasteiger partial charge on any atom is -0.478 e. The van der Waals surface area contributed by atoms with Crippen molar-refractivity contribution in [3.63, 3.8) is 0 Å². The Morgan fingerprint density at radius 3 is 2.45 bits per heavy atom. The summed E-state index contributed by atoms with van der Waals surface area (Å²) in [7, 11) is 0. The van der Waals surface area contributed by atoms with E-state index in [9.17, 15) is 24.3 Å². The molecule has 4 rings (SSSR count). The van der Waals surface area contributed by atoms with Crippen molar-refractivity contribution in [3.8, 4) is 0 Å². The molecule has 3 heterocycles. The summed E-state index contributed by atoms with van der Waals surface area (Å²) in [6.45, 7) is 2.86. The van der Waals surface area contributed by atoms with Gasteiger partial charge in [-0.1, -0.05) is 53.5 Å². The van der Waals surface area contributed by atoms with E-state index in [1.54, 1.807) is 44.2 Å². The van der Waals surface area contributed by atoms with Gasteiger partial charge in [0.15, 0.2) is 0 Å². The Morgan fingerprint density at radius 2 is 1.87 bits per heavy atom. The fourth-order valence-corrected chi connectivity index (χ4v) is 6.64. The Labute approximate surface area is 232 Å². The lowest BCUT2D eigenvalue weighted by molar-refractivity contribution is -0.173. The topological polar surface area (TPSA) is 167 Å². The van der Waals surface area contributed by atoms with Gasteiger partial charge in [0.25, 0.3) is 0 Å². The molecule has 2 aliphatic rings. The molecule has 0 bridgehead atoms. The van der Waals surface area contributed by atoms with Crippen LogP contribution >= 0.6 is 35.0 Å². The highest BCUT2D eigenvalue weighted by atomic mass is 35.5. The maximum Gasteiger partial charge on any atom is 0.352 e. The number of nitrogens with zero attached hydrogens (tertiary/aromatic N) is 3. The summed E-state index contributed by atoms with van der Waals surface area (Å²) in [5.74, 6) is -3.23. The smallest absolute Gasteiger partial charge is 0.352 e. The molecule has 0 spiro atoms. The van der Waals surface area contributed by atoms with E-state index in [-0.39, 0.29) is 33.8 Å². The highest BCUT2D eigenvalue weighted by molar-refractivity contribution is 8.01. The van der Waals surface area contributed by atoms with Crippen molar-refractivity contribution < 1.29 is 24.3 Å². The first kappa shape index (κ1) is 27.7. The summed E-state index contributed by atoms with van der Waals surface area (Å²) in [6, 6.07) is 9.89. The predicted octanol–water partition coefficient (Wildman–Crippen LogP) is 1.93. The molecule has 0 radical (unpaired) electrons. The normalized spacial score (nSPS) is 22.7. The van der Waals surface area contributed by atoms with E-state index in [0.717, 1.165) is 0 Å². The summed E-state index contributed by atoms with van der Waals surface area (Å²) >= 11 is 13.1. The quantitative estimate of drug-likeness (QED) is 0.159. The number of carbonyl (C=O) groups is 4. The number of rotatable bonds is 8. The van der Waals surface area contributed by atoms with Gasteiger partial charge in [-0.05, 0) is 31.5 Å². The molecule has 2 fully saturated rings. The SMILES string of the molecule is CC1(C)S[C@@H]2CC(=O)N2[C@@]1(NC(=O)C(NC(=O)CN=C(N)c1cc(Cl)nc(Cl)c1)c1ccccc1)C(=O)O. The molecule has 3 atom stereocenters. The number of hydrogen-bond acceptors (Lipinski definition) is 7. The second kappa shape index (κ2) is 10.4. The molecule has 0 saturated carbocycles. The third kappa shape index (κ3) is 5.03. The molecule has 1 aromatic carbocycles. The van der Waals surface area contributed by atoms with Crippen molar-refractivity contribution in [3.05, 3.63) is 63.9 Å². The lowest BCUT2D eigenvalue weighted by Gasteiger charge is -2.46. The largest absolute Gasteiger partial charge is 0.478 e. The monoisotopic (exact) mass is 578 g/mol. The number of amides is 3. The van der Waals surface area contributed by atoms with Crippen molar-refractivity contribution in [2.45, 2.75) is 42.1 Å². The average molecular weight is 579 g/mol. The van der Waals surface area contributed by atoms with E-state index in [1.165, 1.54) is 28.8 Å². The van der Waals surface area contributed by atoms with Crippen molar-refractivity contribution in [2.75, 3.05) is 6.54 Å². The number of thioether (sulfide) groups is 1. The zero-order valence-electron chi connectivity index (χ0n) is 20.3. The Bertz CT molecular complexity index is 1320. The number of carboxylic acids is 1. The summed E-state index contributed by atoms with van der Waals surface area (Å²) in [6.07, 6.45) is 0.186. The highest BCUT2D eigenvalue weighted by Gasteiger charge is 2.70. The van der Waals surface area contributed by atoms with Gasteiger partial charge in [0.1, 0.15) is 28.7 Å². The van der Waals surface area contributed by atoms with Gasteiger partial charge in [-0.15, -0.1) is 11.8 Å². The molecule has 11 nitrogen and oxygen atoms in total. The number of carbonyl (C=O) groups excluding carboxylic acids is 3. The van der Waals surface area contributed by atoms with E-state index in [2.05, 4.69) is 20.6 Å². The fourth-order valence-electron chi connectivity index (χ4n) is 4.49. The molecule has 2 aromatic rings. The second-order valence-corrected chi connectivity index (χ2v) is 11.7. The predicted molar refractivity (Wildman–Crippen MR) is 143 cm³/mol. The molecule has 1 aromatic heterocycles. The molecule has 200 valence electrons. The number of halogens is 2. The van der Waals surface area contributed by atoms with Crippen molar-refractivity contribution in [1.29, 1.82) is 0 Å². The number of aliphatic imine (C=N–C) groups is 1. The molecule has 2 saturated heterocycles. The number of aliphatic carboxylic acids is 1. The van der Waals surface area contributed by atoms with Crippen LogP contribution in [-0.2, 0) is 19.2 Å². The Kier molecular flexibility index (Phi) is 7.60. The number of hydrogen-bond donors (Lipinski definition) is 4. The Hall–Kier alpha value is -3.35. The van der Waals surface area contributed by atoms with Gasteiger partial charge in [0.2, 0.25) is 23.4 Å². The van der Waals surface area contributed by atoms with Gasteiger partial charge in [0, 0.05) is 5.56 Å². The van der Waals surface area contributed by atoms with Gasteiger partial charge < -0.3 is 21.5 Å². The van der Waals surface area contributed by atoms with E-state index in [1.807, 2.05) is 0 Å². The summed E-state index contributed by atoms with van der Waals surface area (Å²) in [5, 5.41) is 15.3. The molecule has 38 heavy (non-hydrogen) atoms.